The second-order valence-corrected chi connectivity index (χ2v) is 6.11. The first-order valence-corrected chi connectivity index (χ1v) is 8.10. The van der Waals surface area contributed by atoms with Gasteiger partial charge in [0.2, 0.25) is 5.91 Å². The van der Waals surface area contributed by atoms with Crippen LogP contribution in [-0.2, 0) is 10.5 Å². The van der Waals surface area contributed by atoms with Gasteiger partial charge in [-0.2, -0.15) is 5.26 Å². The molecule has 0 radical (unpaired) electrons. The molecule has 1 heterocycles. The van der Waals surface area contributed by atoms with E-state index >= 15 is 0 Å². The van der Waals surface area contributed by atoms with Gasteiger partial charge < -0.3 is 5.32 Å². The van der Waals surface area contributed by atoms with Crippen molar-refractivity contribution in [1.29, 1.82) is 5.26 Å². The summed E-state index contributed by atoms with van der Waals surface area (Å²) >= 11 is 4.81. The molecule has 0 aliphatic heterocycles. The van der Waals surface area contributed by atoms with Crippen molar-refractivity contribution < 1.29 is 4.79 Å². The van der Waals surface area contributed by atoms with Crippen LogP contribution in [0.3, 0.4) is 0 Å². The molecule has 1 aromatic heterocycles. The van der Waals surface area contributed by atoms with Crippen molar-refractivity contribution in [2.75, 3.05) is 11.1 Å². The topological polar surface area (TPSA) is 65.8 Å². The minimum atomic E-state index is -0.0801. The molecule has 2 aromatic rings. The summed E-state index contributed by atoms with van der Waals surface area (Å²) in [7, 11) is 0. The molecule has 0 atom stereocenters. The van der Waals surface area contributed by atoms with Crippen molar-refractivity contribution in [3.63, 3.8) is 0 Å². The molecule has 106 valence electrons. The first-order chi connectivity index (χ1) is 10.2. The van der Waals surface area contributed by atoms with Gasteiger partial charge in [-0.05, 0) is 45.8 Å². The Bertz CT molecular complexity index is 650. The number of rotatable bonds is 5. The molecule has 0 saturated heterocycles. The standard InChI is InChI=1S/C15H12BrN3OS/c16-13-5-6-14(18-8-13)19-15(20)10-21-9-12-3-1-11(7-17)2-4-12/h1-6,8H,9-10H2,(H,18,19,20). The average molecular weight is 362 g/mol. The lowest BCUT2D eigenvalue weighted by Gasteiger charge is -2.04. The maximum atomic E-state index is 11.8. The van der Waals surface area contributed by atoms with Gasteiger partial charge >= 0.3 is 0 Å². The number of nitrogens with one attached hydrogen (secondary N) is 1. The maximum Gasteiger partial charge on any atom is 0.235 e. The number of hydrogen-bond acceptors (Lipinski definition) is 4. The highest BCUT2D eigenvalue weighted by Gasteiger charge is 2.04. The number of halogens is 1. The SMILES string of the molecule is N#Cc1ccc(CSCC(=O)Nc2ccc(Br)cn2)cc1. The quantitative estimate of drug-likeness (QED) is 0.883. The zero-order chi connectivity index (χ0) is 15.1. The third-order valence-corrected chi connectivity index (χ3v) is 4.05. The molecule has 0 spiro atoms. The Morgan fingerprint density at radius 3 is 2.67 bits per heavy atom. The Balaban J connectivity index is 1.76. The Hall–Kier alpha value is -1.84. The van der Waals surface area contributed by atoms with E-state index in [0.717, 1.165) is 15.8 Å². The molecule has 0 fully saturated rings. The summed E-state index contributed by atoms with van der Waals surface area (Å²) in [5.74, 6) is 1.55. The van der Waals surface area contributed by atoms with E-state index in [-0.39, 0.29) is 5.91 Å². The molecule has 0 aliphatic rings. The molecule has 0 bridgehead atoms. The number of nitriles is 1. The number of thioether (sulfide) groups is 1. The highest BCUT2D eigenvalue weighted by atomic mass is 79.9. The summed E-state index contributed by atoms with van der Waals surface area (Å²) in [6.07, 6.45) is 1.64. The van der Waals surface area contributed by atoms with Crippen LogP contribution >= 0.6 is 27.7 Å². The van der Waals surface area contributed by atoms with Crippen molar-refractivity contribution in [2.24, 2.45) is 0 Å². The normalized spacial score (nSPS) is 9.90. The van der Waals surface area contributed by atoms with Crippen molar-refractivity contribution in [2.45, 2.75) is 5.75 Å². The van der Waals surface area contributed by atoms with Gasteiger partial charge in [-0.1, -0.05) is 12.1 Å². The van der Waals surface area contributed by atoms with Gasteiger partial charge in [0.15, 0.2) is 0 Å². The van der Waals surface area contributed by atoms with Gasteiger partial charge in [-0.15, -0.1) is 11.8 Å². The van der Waals surface area contributed by atoms with E-state index < -0.39 is 0 Å². The predicted molar refractivity (Wildman–Crippen MR) is 87.9 cm³/mol. The highest BCUT2D eigenvalue weighted by molar-refractivity contribution is 9.10. The van der Waals surface area contributed by atoms with Crippen LogP contribution in [0.4, 0.5) is 5.82 Å². The summed E-state index contributed by atoms with van der Waals surface area (Å²) in [4.78, 5) is 15.8. The number of hydrogen-bond donors (Lipinski definition) is 1. The van der Waals surface area contributed by atoms with Crippen LogP contribution in [0.25, 0.3) is 0 Å². The number of anilines is 1. The van der Waals surface area contributed by atoms with E-state index in [9.17, 15) is 4.79 Å². The van der Waals surface area contributed by atoms with Crippen molar-refractivity contribution in [3.8, 4) is 6.07 Å². The van der Waals surface area contributed by atoms with Crippen molar-refractivity contribution in [3.05, 3.63) is 58.2 Å². The third-order valence-electron chi connectivity index (χ3n) is 2.58. The Morgan fingerprint density at radius 2 is 2.05 bits per heavy atom. The monoisotopic (exact) mass is 361 g/mol. The fourth-order valence-corrected chi connectivity index (χ4v) is 2.59. The van der Waals surface area contributed by atoms with E-state index in [1.165, 1.54) is 11.8 Å². The van der Waals surface area contributed by atoms with Crippen molar-refractivity contribution in [1.82, 2.24) is 4.98 Å². The van der Waals surface area contributed by atoms with Crippen LogP contribution in [0.5, 0.6) is 0 Å². The summed E-state index contributed by atoms with van der Waals surface area (Å²) in [6.45, 7) is 0. The molecule has 0 saturated carbocycles. The van der Waals surface area contributed by atoms with Gasteiger partial charge in [-0.3, -0.25) is 4.79 Å². The number of aromatic nitrogens is 1. The molecule has 1 amide bonds. The average Bonchev–Trinajstić information content (AvgIpc) is 2.50. The molecule has 4 nitrogen and oxygen atoms in total. The molecular formula is C15H12BrN3OS. The van der Waals surface area contributed by atoms with E-state index in [0.29, 0.717) is 17.1 Å². The van der Waals surface area contributed by atoms with Gasteiger partial charge in [0.05, 0.1) is 17.4 Å². The van der Waals surface area contributed by atoms with Crippen LogP contribution in [0.1, 0.15) is 11.1 Å². The fourth-order valence-electron chi connectivity index (χ4n) is 1.57. The second kappa shape index (κ2) is 7.81. The predicted octanol–water partition coefficient (Wildman–Crippen LogP) is 3.59. The Morgan fingerprint density at radius 1 is 1.29 bits per heavy atom. The van der Waals surface area contributed by atoms with Gasteiger partial charge in [0.25, 0.3) is 0 Å². The van der Waals surface area contributed by atoms with E-state index in [1.807, 2.05) is 18.2 Å². The van der Waals surface area contributed by atoms with E-state index in [1.54, 1.807) is 24.4 Å². The molecule has 1 aromatic carbocycles. The number of carbonyl (C=O) groups is 1. The molecule has 0 aliphatic carbocycles. The van der Waals surface area contributed by atoms with E-state index in [2.05, 4.69) is 32.3 Å². The third kappa shape index (κ3) is 5.21. The summed E-state index contributed by atoms with van der Waals surface area (Å²) in [5.41, 5.74) is 1.73. The minimum Gasteiger partial charge on any atom is -0.310 e. The molecule has 0 unspecified atom stereocenters. The van der Waals surface area contributed by atoms with Gasteiger partial charge in [0.1, 0.15) is 5.82 Å². The molecule has 1 N–H and O–H groups in total. The molecule has 6 heteroatoms. The molecule has 21 heavy (non-hydrogen) atoms. The summed E-state index contributed by atoms with van der Waals surface area (Å²) in [5, 5.41) is 11.5. The Kier molecular flexibility index (Phi) is 5.78. The zero-order valence-electron chi connectivity index (χ0n) is 11.0. The largest absolute Gasteiger partial charge is 0.310 e. The van der Waals surface area contributed by atoms with Gasteiger partial charge in [0, 0.05) is 16.4 Å². The fraction of sp³-hybridized carbons (Fsp3) is 0.133. The highest BCUT2D eigenvalue weighted by Crippen LogP contribution is 2.14. The number of nitrogens with zero attached hydrogens (tertiary/aromatic N) is 2. The molecular weight excluding hydrogens is 350 g/mol. The van der Waals surface area contributed by atoms with Crippen LogP contribution in [0.2, 0.25) is 0 Å². The number of pyridine rings is 1. The lowest BCUT2D eigenvalue weighted by atomic mass is 10.2. The number of carbonyl (C=O) groups excluding carboxylic acids is 1. The number of benzene rings is 1. The smallest absolute Gasteiger partial charge is 0.235 e. The second-order valence-electron chi connectivity index (χ2n) is 4.21. The first kappa shape index (κ1) is 15.5. The van der Waals surface area contributed by atoms with Crippen LogP contribution in [0.15, 0.2) is 47.1 Å². The zero-order valence-corrected chi connectivity index (χ0v) is 13.4. The minimum absolute atomic E-state index is 0.0801. The van der Waals surface area contributed by atoms with Gasteiger partial charge in [-0.25, -0.2) is 4.98 Å². The summed E-state index contributed by atoms with van der Waals surface area (Å²) < 4.78 is 0.871. The van der Waals surface area contributed by atoms with Crippen LogP contribution < -0.4 is 5.32 Å². The number of amides is 1. The van der Waals surface area contributed by atoms with Crippen molar-refractivity contribution >= 4 is 39.4 Å². The Labute approximate surface area is 135 Å². The lowest BCUT2D eigenvalue weighted by Crippen LogP contribution is -2.15. The molecule has 2 rings (SSSR count). The first-order valence-electron chi connectivity index (χ1n) is 6.15. The van der Waals surface area contributed by atoms with Crippen LogP contribution in [0, 0.1) is 11.3 Å². The maximum absolute atomic E-state index is 11.8. The lowest BCUT2D eigenvalue weighted by molar-refractivity contribution is -0.113. The van der Waals surface area contributed by atoms with E-state index in [4.69, 9.17) is 5.26 Å². The van der Waals surface area contributed by atoms with Crippen LogP contribution in [-0.4, -0.2) is 16.6 Å². The summed E-state index contributed by atoms with van der Waals surface area (Å²) in [6, 6.07) is 13.0.